The van der Waals surface area contributed by atoms with E-state index in [0.717, 1.165) is 19.7 Å². The minimum absolute atomic E-state index is 0.298. The van der Waals surface area contributed by atoms with Gasteiger partial charge in [-0.3, -0.25) is 4.84 Å². The number of rotatable bonds is 3. The Morgan fingerprint density at radius 1 is 1.38 bits per heavy atom. The summed E-state index contributed by atoms with van der Waals surface area (Å²) in [6.45, 7) is 2.89. The summed E-state index contributed by atoms with van der Waals surface area (Å²) >= 11 is 0. The first-order valence-electron chi connectivity index (χ1n) is 5.10. The number of nitrogens with zero attached hydrogens (tertiary/aromatic N) is 2. The highest BCUT2D eigenvalue weighted by molar-refractivity contribution is 5.00. The van der Waals surface area contributed by atoms with E-state index in [1.165, 1.54) is 25.7 Å². The third kappa shape index (κ3) is 2.20. The largest absolute Gasteiger partial charge is 0.299 e. The molecule has 13 heavy (non-hydrogen) atoms. The first-order valence-corrected chi connectivity index (χ1v) is 5.10. The van der Waals surface area contributed by atoms with Crippen LogP contribution in [0.1, 0.15) is 32.1 Å². The van der Waals surface area contributed by atoms with E-state index in [2.05, 4.69) is 11.1 Å². The third-order valence-corrected chi connectivity index (χ3v) is 3.00. The second kappa shape index (κ2) is 3.65. The van der Waals surface area contributed by atoms with E-state index in [0.29, 0.717) is 11.8 Å². The molecule has 72 valence electrons. The Morgan fingerprint density at radius 2 is 2.23 bits per heavy atom. The Bertz CT molecular complexity index is 211. The van der Waals surface area contributed by atoms with Gasteiger partial charge in [0.25, 0.3) is 0 Å². The van der Waals surface area contributed by atoms with Crippen molar-refractivity contribution in [3.05, 3.63) is 0 Å². The van der Waals surface area contributed by atoms with Crippen molar-refractivity contribution in [2.45, 2.75) is 32.1 Å². The van der Waals surface area contributed by atoms with E-state index in [-0.39, 0.29) is 0 Å². The van der Waals surface area contributed by atoms with Gasteiger partial charge in [-0.05, 0) is 31.1 Å². The summed E-state index contributed by atoms with van der Waals surface area (Å²) in [5, 5.41) is 10.7. The van der Waals surface area contributed by atoms with Crippen LogP contribution >= 0.6 is 0 Å². The Kier molecular flexibility index (Phi) is 2.52. The smallest absolute Gasteiger partial charge is 0.0685 e. The average Bonchev–Trinajstić information content (AvgIpc) is 2.87. The molecule has 2 fully saturated rings. The molecule has 0 bridgehead atoms. The van der Waals surface area contributed by atoms with Crippen LogP contribution in [-0.2, 0) is 4.84 Å². The zero-order valence-electron chi connectivity index (χ0n) is 7.96. The Morgan fingerprint density at radius 3 is 2.77 bits per heavy atom. The molecular weight excluding hydrogens is 164 g/mol. The van der Waals surface area contributed by atoms with Gasteiger partial charge in [0.1, 0.15) is 0 Å². The molecule has 0 aromatic heterocycles. The van der Waals surface area contributed by atoms with Crippen LogP contribution < -0.4 is 0 Å². The second-order valence-corrected chi connectivity index (χ2v) is 4.24. The molecule has 1 saturated carbocycles. The molecule has 1 aliphatic carbocycles. The fraction of sp³-hybridized carbons (Fsp3) is 0.900. The van der Waals surface area contributed by atoms with Crippen LogP contribution in [0, 0.1) is 16.7 Å². The molecule has 1 heterocycles. The Labute approximate surface area is 79.2 Å². The second-order valence-electron chi connectivity index (χ2n) is 4.24. The number of hydrogen-bond acceptors (Lipinski definition) is 3. The number of hydroxylamine groups is 2. The first kappa shape index (κ1) is 8.98. The Balaban J connectivity index is 1.80. The van der Waals surface area contributed by atoms with Crippen molar-refractivity contribution < 1.29 is 4.84 Å². The minimum atomic E-state index is 0.298. The summed E-state index contributed by atoms with van der Waals surface area (Å²) in [6.07, 6.45) is 5.54. The molecule has 0 radical (unpaired) electrons. The SMILES string of the molecule is N#CCC1(CN2CCCCO2)CC1. The van der Waals surface area contributed by atoms with Crippen LogP contribution in [-0.4, -0.2) is 24.8 Å². The zero-order valence-corrected chi connectivity index (χ0v) is 7.96. The highest BCUT2D eigenvalue weighted by atomic mass is 16.7. The summed E-state index contributed by atoms with van der Waals surface area (Å²) in [6, 6.07) is 2.28. The summed E-state index contributed by atoms with van der Waals surface area (Å²) in [7, 11) is 0. The molecule has 2 rings (SSSR count). The molecule has 0 N–H and O–H groups in total. The molecule has 0 aromatic carbocycles. The molecular formula is C10H16N2O. The normalized spacial score (nSPS) is 26.7. The van der Waals surface area contributed by atoms with Gasteiger partial charge in [0.2, 0.25) is 0 Å². The van der Waals surface area contributed by atoms with Gasteiger partial charge >= 0.3 is 0 Å². The monoisotopic (exact) mass is 180 g/mol. The van der Waals surface area contributed by atoms with Gasteiger partial charge in [-0.2, -0.15) is 10.3 Å². The van der Waals surface area contributed by atoms with Crippen LogP contribution in [0.4, 0.5) is 0 Å². The molecule has 2 aliphatic rings. The van der Waals surface area contributed by atoms with Crippen LogP contribution in [0.3, 0.4) is 0 Å². The number of nitriles is 1. The van der Waals surface area contributed by atoms with Gasteiger partial charge in [-0.1, -0.05) is 0 Å². The highest BCUT2D eigenvalue weighted by Crippen LogP contribution is 2.49. The minimum Gasteiger partial charge on any atom is -0.299 e. The van der Waals surface area contributed by atoms with Crippen molar-refractivity contribution in [2.24, 2.45) is 5.41 Å². The lowest BCUT2D eigenvalue weighted by atomic mass is 10.0. The molecule has 0 amide bonds. The topological polar surface area (TPSA) is 36.3 Å². The van der Waals surface area contributed by atoms with Crippen LogP contribution in [0.5, 0.6) is 0 Å². The van der Waals surface area contributed by atoms with Crippen molar-refractivity contribution >= 4 is 0 Å². The lowest BCUT2D eigenvalue weighted by Gasteiger charge is -2.28. The molecule has 0 unspecified atom stereocenters. The quantitative estimate of drug-likeness (QED) is 0.663. The lowest BCUT2D eigenvalue weighted by Crippen LogP contribution is -2.35. The van der Waals surface area contributed by atoms with Crippen LogP contribution in [0.2, 0.25) is 0 Å². The maximum Gasteiger partial charge on any atom is 0.0685 e. The van der Waals surface area contributed by atoms with Crippen molar-refractivity contribution in [2.75, 3.05) is 19.7 Å². The van der Waals surface area contributed by atoms with Gasteiger partial charge in [0, 0.05) is 19.5 Å². The maximum absolute atomic E-state index is 8.66. The average molecular weight is 180 g/mol. The van der Waals surface area contributed by atoms with Crippen molar-refractivity contribution in [3.8, 4) is 6.07 Å². The van der Waals surface area contributed by atoms with Crippen molar-refractivity contribution in [1.82, 2.24) is 5.06 Å². The van der Waals surface area contributed by atoms with Crippen LogP contribution in [0.15, 0.2) is 0 Å². The van der Waals surface area contributed by atoms with E-state index in [9.17, 15) is 0 Å². The third-order valence-electron chi connectivity index (χ3n) is 3.00. The van der Waals surface area contributed by atoms with E-state index in [1.807, 2.05) is 0 Å². The van der Waals surface area contributed by atoms with Crippen LogP contribution in [0.25, 0.3) is 0 Å². The summed E-state index contributed by atoms with van der Waals surface area (Å²) in [5.74, 6) is 0. The van der Waals surface area contributed by atoms with Gasteiger partial charge in [0.05, 0.1) is 12.7 Å². The standard InChI is InChI=1S/C10H16N2O/c11-6-5-10(3-4-10)9-12-7-1-2-8-13-12/h1-5,7-9H2. The predicted octanol–water partition coefficient (Wildman–Crippen LogP) is 1.71. The molecule has 1 aliphatic heterocycles. The summed E-state index contributed by atoms with van der Waals surface area (Å²) in [4.78, 5) is 5.52. The fourth-order valence-electron chi connectivity index (χ4n) is 1.88. The molecule has 0 spiro atoms. The first-order chi connectivity index (χ1) is 6.35. The fourth-order valence-corrected chi connectivity index (χ4v) is 1.88. The van der Waals surface area contributed by atoms with E-state index in [1.54, 1.807) is 0 Å². The van der Waals surface area contributed by atoms with Gasteiger partial charge in [-0.25, -0.2) is 0 Å². The molecule has 3 nitrogen and oxygen atoms in total. The van der Waals surface area contributed by atoms with Crippen molar-refractivity contribution in [3.63, 3.8) is 0 Å². The molecule has 0 aromatic rings. The lowest BCUT2D eigenvalue weighted by molar-refractivity contribution is -0.189. The van der Waals surface area contributed by atoms with E-state index in [4.69, 9.17) is 10.1 Å². The summed E-state index contributed by atoms with van der Waals surface area (Å²) < 4.78 is 0. The van der Waals surface area contributed by atoms with Crippen molar-refractivity contribution in [1.29, 1.82) is 5.26 Å². The van der Waals surface area contributed by atoms with Gasteiger partial charge in [0.15, 0.2) is 0 Å². The van der Waals surface area contributed by atoms with E-state index >= 15 is 0 Å². The highest BCUT2D eigenvalue weighted by Gasteiger charge is 2.44. The molecule has 0 atom stereocenters. The zero-order chi connectivity index (χ0) is 9.15. The predicted molar refractivity (Wildman–Crippen MR) is 48.7 cm³/mol. The van der Waals surface area contributed by atoms with Gasteiger partial charge < -0.3 is 0 Å². The number of hydrogen-bond donors (Lipinski definition) is 0. The Hall–Kier alpha value is -0.590. The van der Waals surface area contributed by atoms with Gasteiger partial charge in [-0.15, -0.1) is 0 Å². The molecule has 1 saturated heterocycles. The maximum atomic E-state index is 8.66. The molecule has 3 heteroatoms. The summed E-state index contributed by atoms with van der Waals surface area (Å²) in [5.41, 5.74) is 0.298. The van der Waals surface area contributed by atoms with E-state index < -0.39 is 0 Å².